The van der Waals surface area contributed by atoms with Crippen LogP contribution in [0, 0.1) is 0 Å². The van der Waals surface area contributed by atoms with Gasteiger partial charge in [0.1, 0.15) is 5.60 Å². The zero-order valence-electron chi connectivity index (χ0n) is 23.2. The van der Waals surface area contributed by atoms with Crippen LogP contribution in [0.15, 0.2) is 71.3 Å². The van der Waals surface area contributed by atoms with E-state index < -0.39 is 17.3 Å². The molecule has 0 aliphatic rings. The van der Waals surface area contributed by atoms with Crippen LogP contribution in [0.1, 0.15) is 44.4 Å². The van der Waals surface area contributed by atoms with Gasteiger partial charge >= 0.3 is 12.1 Å². The van der Waals surface area contributed by atoms with Gasteiger partial charge < -0.3 is 9.26 Å². The van der Waals surface area contributed by atoms with E-state index >= 15 is 0 Å². The number of alkyl halides is 3. The predicted octanol–water partition coefficient (Wildman–Crippen LogP) is 7.43. The fourth-order valence-electron chi connectivity index (χ4n) is 4.42. The molecule has 3 aromatic carbocycles. The summed E-state index contributed by atoms with van der Waals surface area (Å²) in [5.41, 5.74) is 1.98. The molecule has 1 heterocycles. The zero-order valence-corrected chi connectivity index (χ0v) is 23.2. The monoisotopic (exact) mass is 551 g/mol. The van der Waals surface area contributed by atoms with Gasteiger partial charge in [0.25, 0.3) is 5.89 Å². The van der Waals surface area contributed by atoms with E-state index in [1.165, 1.54) is 6.07 Å². The van der Waals surface area contributed by atoms with Crippen molar-refractivity contribution in [3.8, 4) is 34.0 Å². The van der Waals surface area contributed by atoms with Crippen molar-refractivity contribution in [3.05, 3.63) is 83.4 Å². The Hall–Kier alpha value is -3.98. The van der Waals surface area contributed by atoms with E-state index in [1.807, 2.05) is 63.9 Å². The molecule has 0 aliphatic heterocycles. The Kier molecular flexibility index (Phi) is 8.44. The minimum Gasteiger partial charge on any atom is -0.459 e. The molecule has 0 atom stereocenters. The van der Waals surface area contributed by atoms with Crippen molar-refractivity contribution in [1.82, 2.24) is 15.0 Å². The molecular weight excluding hydrogens is 519 g/mol. The van der Waals surface area contributed by atoms with E-state index in [-0.39, 0.29) is 35.4 Å². The molecule has 0 amide bonds. The SMILES string of the molecule is CCc1ccccc1-c1ccc(-c2nc(-c3ccc(CN(C)CC(=O)OC(C)(C)C)cc3)no2)cc1C(F)(F)F. The standard InChI is InChI=1S/C31H32F3N3O3/c1-6-21-9-7-8-10-24(21)25-16-15-23(17-26(25)31(32,33)34)29-35-28(36-40-29)22-13-11-20(12-14-22)18-37(5)19-27(38)39-30(2,3)4/h7-17H,6,18-19H2,1-5H3. The summed E-state index contributed by atoms with van der Waals surface area (Å²) in [5.74, 6) is -0.0446. The van der Waals surface area contributed by atoms with Gasteiger partial charge in [-0.05, 0) is 68.6 Å². The molecule has 9 heteroatoms. The summed E-state index contributed by atoms with van der Waals surface area (Å²) in [7, 11) is 1.82. The highest BCUT2D eigenvalue weighted by Gasteiger charge is 2.35. The van der Waals surface area contributed by atoms with Gasteiger partial charge in [-0.3, -0.25) is 9.69 Å². The molecule has 0 saturated heterocycles. The summed E-state index contributed by atoms with van der Waals surface area (Å²) in [4.78, 5) is 18.3. The van der Waals surface area contributed by atoms with Crippen LogP contribution in [-0.4, -0.2) is 40.2 Å². The fraction of sp³-hybridized carbons (Fsp3) is 0.323. The number of halogens is 3. The Morgan fingerprint density at radius 2 is 1.62 bits per heavy atom. The fourth-order valence-corrected chi connectivity index (χ4v) is 4.42. The van der Waals surface area contributed by atoms with Crippen molar-refractivity contribution in [2.45, 2.75) is 52.4 Å². The molecule has 0 bridgehead atoms. The lowest BCUT2D eigenvalue weighted by molar-refractivity contribution is -0.155. The van der Waals surface area contributed by atoms with Crippen LogP contribution in [0.2, 0.25) is 0 Å². The summed E-state index contributed by atoms with van der Waals surface area (Å²) in [5, 5.41) is 3.99. The zero-order chi connectivity index (χ0) is 29.1. The lowest BCUT2D eigenvalue weighted by atomic mass is 9.92. The summed E-state index contributed by atoms with van der Waals surface area (Å²) < 4.78 is 53.0. The van der Waals surface area contributed by atoms with Crippen LogP contribution in [0.3, 0.4) is 0 Å². The largest absolute Gasteiger partial charge is 0.459 e. The molecule has 0 saturated carbocycles. The number of ether oxygens (including phenoxy) is 1. The van der Waals surface area contributed by atoms with Crippen molar-refractivity contribution in [3.63, 3.8) is 0 Å². The molecule has 4 rings (SSSR count). The topological polar surface area (TPSA) is 68.5 Å². The number of rotatable bonds is 8. The Morgan fingerprint density at radius 1 is 0.950 bits per heavy atom. The normalized spacial score (nSPS) is 12.1. The number of carbonyl (C=O) groups is 1. The van der Waals surface area contributed by atoms with Crippen LogP contribution in [0.5, 0.6) is 0 Å². The molecule has 0 fully saturated rings. The number of carbonyl (C=O) groups excluding carboxylic acids is 1. The molecule has 210 valence electrons. The highest BCUT2D eigenvalue weighted by molar-refractivity contribution is 5.75. The average molecular weight is 552 g/mol. The first-order valence-electron chi connectivity index (χ1n) is 13.0. The van der Waals surface area contributed by atoms with E-state index in [1.54, 1.807) is 30.3 Å². The second-order valence-electron chi connectivity index (χ2n) is 10.6. The van der Waals surface area contributed by atoms with Crippen molar-refractivity contribution in [2.75, 3.05) is 13.6 Å². The third-order valence-corrected chi connectivity index (χ3v) is 6.17. The molecule has 40 heavy (non-hydrogen) atoms. The number of benzene rings is 3. The molecule has 4 aromatic rings. The van der Waals surface area contributed by atoms with Crippen molar-refractivity contribution >= 4 is 5.97 Å². The van der Waals surface area contributed by atoms with Gasteiger partial charge in [-0.15, -0.1) is 0 Å². The number of aromatic nitrogens is 2. The first-order valence-corrected chi connectivity index (χ1v) is 13.0. The lowest BCUT2D eigenvalue weighted by Crippen LogP contribution is -2.32. The van der Waals surface area contributed by atoms with Gasteiger partial charge in [-0.1, -0.05) is 66.7 Å². The van der Waals surface area contributed by atoms with Crippen LogP contribution in [0.4, 0.5) is 13.2 Å². The highest BCUT2D eigenvalue weighted by atomic mass is 19.4. The van der Waals surface area contributed by atoms with E-state index in [4.69, 9.17) is 9.26 Å². The predicted molar refractivity (Wildman–Crippen MR) is 147 cm³/mol. The quantitative estimate of drug-likeness (QED) is 0.212. The molecule has 0 radical (unpaired) electrons. The molecule has 1 aromatic heterocycles. The van der Waals surface area contributed by atoms with Gasteiger partial charge in [-0.25, -0.2) is 0 Å². The Morgan fingerprint density at radius 3 is 2.27 bits per heavy atom. The third kappa shape index (κ3) is 7.15. The maximum Gasteiger partial charge on any atom is 0.417 e. The first-order chi connectivity index (χ1) is 18.8. The minimum atomic E-state index is -4.57. The second-order valence-corrected chi connectivity index (χ2v) is 10.6. The van der Waals surface area contributed by atoms with Crippen molar-refractivity contribution < 1.29 is 27.2 Å². The summed E-state index contributed by atoms with van der Waals surface area (Å²) in [6.07, 6.45) is -3.96. The van der Waals surface area contributed by atoms with Crippen molar-refractivity contribution in [2.24, 2.45) is 0 Å². The van der Waals surface area contributed by atoms with Gasteiger partial charge in [0.05, 0.1) is 12.1 Å². The average Bonchev–Trinajstić information content (AvgIpc) is 3.37. The molecule has 6 nitrogen and oxygen atoms in total. The smallest absolute Gasteiger partial charge is 0.417 e. The maximum atomic E-state index is 14.1. The molecule has 0 N–H and O–H groups in total. The van der Waals surface area contributed by atoms with Crippen molar-refractivity contribution in [1.29, 1.82) is 0 Å². The summed E-state index contributed by atoms with van der Waals surface area (Å²) in [6, 6.07) is 18.5. The second kappa shape index (κ2) is 11.6. The van der Waals surface area contributed by atoms with Gasteiger partial charge in [0, 0.05) is 17.7 Å². The first kappa shape index (κ1) is 29.0. The highest BCUT2D eigenvalue weighted by Crippen LogP contribution is 2.40. The Balaban J connectivity index is 1.52. The van der Waals surface area contributed by atoms with Gasteiger partial charge in [0.2, 0.25) is 5.82 Å². The Labute approximate surface area is 231 Å². The number of aryl methyl sites for hydroxylation is 1. The summed E-state index contributed by atoms with van der Waals surface area (Å²) >= 11 is 0. The Bertz CT molecular complexity index is 1470. The van der Waals surface area contributed by atoms with Crippen LogP contribution in [-0.2, 0) is 28.7 Å². The summed E-state index contributed by atoms with van der Waals surface area (Å²) in [6.45, 7) is 8.05. The van der Waals surface area contributed by atoms with Crippen LogP contribution >= 0.6 is 0 Å². The third-order valence-electron chi connectivity index (χ3n) is 6.17. The molecule has 0 spiro atoms. The van der Waals surface area contributed by atoms with Gasteiger partial charge in [-0.2, -0.15) is 18.2 Å². The number of nitrogens with zero attached hydrogens (tertiary/aromatic N) is 3. The van der Waals surface area contributed by atoms with E-state index in [0.29, 0.717) is 24.1 Å². The molecule has 0 aliphatic carbocycles. The molecular formula is C31H32F3N3O3. The lowest BCUT2D eigenvalue weighted by Gasteiger charge is -2.22. The van der Waals surface area contributed by atoms with Crippen LogP contribution in [0.25, 0.3) is 34.0 Å². The van der Waals surface area contributed by atoms with E-state index in [0.717, 1.165) is 17.2 Å². The minimum absolute atomic E-state index is 0.00278. The number of likely N-dealkylation sites (N-methyl/N-ethyl adjacent to an activating group) is 1. The van der Waals surface area contributed by atoms with Crippen LogP contribution < -0.4 is 0 Å². The maximum absolute atomic E-state index is 14.1. The van der Waals surface area contributed by atoms with E-state index in [9.17, 15) is 18.0 Å². The number of hydrogen-bond donors (Lipinski definition) is 0. The molecule has 0 unspecified atom stereocenters. The number of hydrogen-bond acceptors (Lipinski definition) is 6. The number of esters is 1. The van der Waals surface area contributed by atoms with Gasteiger partial charge in [0.15, 0.2) is 0 Å². The van der Waals surface area contributed by atoms with E-state index in [2.05, 4.69) is 10.1 Å².